The van der Waals surface area contributed by atoms with Gasteiger partial charge in [0.1, 0.15) is 17.1 Å². The molecule has 1 unspecified atom stereocenters. The topological polar surface area (TPSA) is 80.7 Å². The average Bonchev–Trinajstić information content (AvgIpc) is 2.42. The molecule has 1 heterocycles. The van der Waals surface area contributed by atoms with Gasteiger partial charge >= 0.3 is 0 Å². The first-order valence-corrected chi connectivity index (χ1v) is 7.08. The predicted molar refractivity (Wildman–Crippen MR) is 77.7 cm³/mol. The second-order valence-corrected chi connectivity index (χ2v) is 6.33. The van der Waals surface area contributed by atoms with Crippen molar-refractivity contribution in [1.29, 1.82) is 0 Å². The molecule has 0 amide bonds. The summed E-state index contributed by atoms with van der Waals surface area (Å²) >= 11 is 0. The number of carbonyl (C=O) groups is 3. The van der Waals surface area contributed by atoms with Gasteiger partial charge in [-0.3, -0.25) is 14.4 Å². The first-order chi connectivity index (χ1) is 10.2. The third-order valence-corrected chi connectivity index (χ3v) is 4.12. The summed E-state index contributed by atoms with van der Waals surface area (Å²) in [7, 11) is 0. The number of rotatable bonds is 1. The van der Waals surface area contributed by atoms with Crippen molar-refractivity contribution in [3.8, 4) is 5.75 Å². The summed E-state index contributed by atoms with van der Waals surface area (Å²) in [5, 5.41) is 9.92. The molecule has 2 aliphatic rings. The highest BCUT2D eigenvalue weighted by molar-refractivity contribution is 6.28. The highest BCUT2D eigenvalue weighted by atomic mass is 16.5. The minimum Gasteiger partial charge on any atom is -0.507 e. The molecule has 5 heteroatoms. The van der Waals surface area contributed by atoms with Crippen LogP contribution in [-0.2, 0) is 9.53 Å². The molecule has 0 fully saturated rings. The predicted octanol–water partition coefficient (Wildman–Crippen LogP) is 2.43. The summed E-state index contributed by atoms with van der Waals surface area (Å²) in [6.45, 7) is 4.95. The number of hydrogen-bond acceptors (Lipinski definition) is 5. The van der Waals surface area contributed by atoms with E-state index in [0.717, 1.165) is 0 Å². The molecule has 0 saturated carbocycles. The number of benzene rings is 1. The third kappa shape index (κ3) is 1.96. The zero-order chi connectivity index (χ0) is 16.2. The molecule has 3 rings (SSSR count). The summed E-state index contributed by atoms with van der Waals surface area (Å²) in [4.78, 5) is 37.4. The van der Waals surface area contributed by atoms with Crippen molar-refractivity contribution in [2.75, 3.05) is 0 Å². The molecule has 114 valence electrons. The SMILES string of the molecule is CC(=O)C1CC(C)(C)OC2=C1C(=O)c1cccc(O)c1C2=O. The van der Waals surface area contributed by atoms with Crippen LogP contribution < -0.4 is 0 Å². The average molecular weight is 300 g/mol. The van der Waals surface area contributed by atoms with Crippen LogP contribution in [-0.4, -0.2) is 28.1 Å². The third-order valence-electron chi connectivity index (χ3n) is 4.12. The van der Waals surface area contributed by atoms with Crippen molar-refractivity contribution in [2.45, 2.75) is 32.8 Å². The molecule has 0 radical (unpaired) electrons. The van der Waals surface area contributed by atoms with Gasteiger partial charge in [-0.05, 0) is 26.8 Å². The van der Waals surface area contributed by atoms with Gasteiger partial charge in [-0.1, -0.05) is 12.1 Å². The van der Waals surface area contributed by atoms with Crippen LogP contribution in [0, 0.1) is 5.92 Å². The van der Waals surface area contributed by atoms with Crippen LogP contribution >= 0.6 is 0 Å². The Kier molecular flexibility index (Phi) is 2.99. The minimum absolute atomic E-state index is 0.0498. The standard InChI is InChI=1S/C17H16O5/c1-8(18)10-7-17(2,3)22-16-13(10)14(20)9-5-4-6-11(19)12(9)15(16)21/h4-6,10,19H,7H2,1-3H3. The van der Waals surface area contributed by atoms with Crippen LogP contribution in [0.5, 0.6) is 5.75 Å². The Bertz CT molecular complexity index is 754. The highest BCUT2D eigenvalue weighted by Gasteiger charge is 2.47. The van der Waals surface area contributed by atoms with Crippen LogP contribution in [0.1, 0.15) is 47.9 Å². The first kappa shape index (κ1) is 14.5. The second-order valence-electron chi connectivity index (χ2n) is 6.33. The Morgan fingerprint density at radius 1 is 1.27 bits per heavy atom. The van der Waals surface area contributed by atoms with E-state index in [2.05, 4.69) is 0 Å². The number of phenolic OH excluding ortho intramolecular Hbond substituents is 1. The molecule has 5 nitrogen and oxygen atoms in total. The Hall–Kier alpha value is -2.43. The van der Waals surface area contributed by atoms with E-state index < -0.39 is 23.1 Å². The van der Waals surface area contributed by atoms with Crippen LogP contribution in [0.4, 0.5) is 0 Å². The summed E-state index contributed by atoms with van der Waals surface area (Å²) < 4.78 is 5.70. The summed E-state index contributed by atoms with van der Waals surface area (Å²) in [6, 6.07) is 4.34. The van der Waals surface area contributed by atoms with E-state index in [-0.39, 0.29) is 34.0 Å². The van der Waals surface area contributed by atoms with Gasteiger partial charge in [0.15, 0.2) is 11.5 Å². The molecule has 1 aromatic carbocycles. The molecule has 1 aliphatic carbocycles. The van der Waals surface area contributed by atoms with E-state index in [1.54, 1.807) is 13.8 Å². The molecule has 1 atom stereocenters. The van der Waals surface area contributed by atoms with Gasteiger partial charge in [0, 0.05) is 12.0 Å². The van der Waals surface area contributed by atoms with Gasteiger partial charge in [-0.2, -0.15) is 0 Å². The van der Waals surface area contributed by atoms with E-state index in [4.69, 9.17) is 4.74 Å². The highest BCUT2D eigenvalue weighted by Crippen LogP contribution is 2.43. The van der Waals surface area contributed by atoms with Crippen molar-refractivity contribution < 1.29 is 24.2 Å². The van der Waals surface area contributed by atoms with Crippen molar-refractivity contribution in [3.05, 3.63) is 40.7 Å². The van der Waals surface area contributed by atoms with Crippen LogP contribution in [0.25, 0.3) is 0 Å². The number of aromatic hydroxyl groups is 1. The zero-order valence-electron chi connectivity index (χ0n) is 12.6. The second kappa shape index (κ2) is 4.53. The monoisotopic (exact) mass is 300 g/mol. The largest absolute Gasteiger partial charge is 0.507 e. The van der Waals surface area contributed by atoms with Gasteiger partial charge in [-0.15, -0.1) is 0 Å². The molecule has 22 heavy (non-hydrogen) atoms. The van der Waals surface area contributed by atoms with Gasteiger partial charge in [0.2, 0.25) is 5.78 Å². The number of ketones is 3. The van der Waals surface area contributed by atoms with Gasteiger partial charge in [0.25, 0.3) is 0 Å². The molecule has 1 aromatic rings. The maximum absolute atomic E-state index is 12.7. The number of hydrogen-bond donors (Lipinski definition) is 1. The Labute approximate surface area is 127 Å². The number of allylic oxidation sites excluding steroid dienone is 2. The molecule has 1 aliphatic heterocycles. The Morgan fingerprint density at radius 3 is 2.59 bits per heavy atom. The number of phenols is 1. The zero-order valence-corrected chi connectivity index (χ0v) is 12.6. The maximum atomic E-state index is 12.7. The minimum atomic E-state index is -0.729. The smallest absolute Gasteiger partial charge is 0.232 e. The van der Waals surface area contributed by atoms with E-state index in [0.29, 0.717) is 6.42 Å². The molecule has 0 saturated heterocycles. The van der Waals surface area contributed by atoms with E-state index >= 15 is 0 Å². The van der Waals surface area contributed by atoms with E-state index in [1.165, 1.54) is 25.1 Å². The summed E-state index contributed by atoms with van der Waals surface area (Å²) in [5.74, 6) is -2.15. The lowest BCUT2D eigenvalue weighted by Crippen LogP contribution is -2.42. The van der Waals surface area contributed by atoms with Gasteiger partial charge in [0.05, 0.1) is 17.1 Å². The van der Waals surface area contributed by atoms with Crippen LogP contribution in [0.3, 0.4) is 0 Å². The normalized spacial score (nSPS) is 22.8. The van der Waals surface area contributed by atoms with E-state index in [1.807, 2.05) is 0 Å². The van der Waals surface area contributed by atoms with Crippen LogP contribution in [0.2, 0.25) is 0 Å². The fourth-order valence-electron chi connectivity index (χ4n) is 3.13. The number of fused-ring (bicyclic) bond motifs is 1. The summed E-state index contributed by atoms with van der Waals surface area (Å²) in [6.07, 6.45) is 0.342. The number of Topliss-reactive ketones (excluding diaryl/α,β-unsaturated/α-hetero) is 3. The fraction of sp³-hybridized carbons (Fsp3) is 0.353. The van der Waals surface area contributed by atoms with Gasteiger partial charge < -0.3 is 9.84 Å². The van der Waals surface area contributed by atoms with Crippen molar-refractivity contribution in [3.63, 3.8) is 0 Å². The Morgan fingerprint density at radius 2 is 1.95 bits per heavy atom. The lowest BCUT2D eigenvalue weighted by atomic mass is 9.74. The maximum Gasteiger partial charge on any atom is 0.232 e. The molecular weight excluding hydrogens is 284 g/mol. The van der Waals surface area contributed by atoms with Crippen molar-refractivity contribution >= 4 is 17.3 Å². The first-order valence-electron chi connectivity index (χ1n) is 7.08. The van der Waals surface area contributed by atoms with Gasteiger partial charge in [-0.25, -0.2) is 0 Å². The van der Waals surface area contributed by atoms with Crippen LogP contribution in [0.15, 0.2) is 29.5 Å². The lowest BCUT2D eigenvalue weighted by Gasteiger charge is -2.39. The molecule has 0 aromatic heterocycles. The quantitative estimate of drug-likeness (QED) is 0.861. The lowest BCUT2D eigenvalue weighted by molar-refractivity contribution is -0.122. The molecule has 1 N–H and O–H groups in total. The fourth-order valence-corrected chi connectivity index (χ4v) is 3.13. The molecular formula is C17H16O5. The molecule has 0 spiro atoms. The van der Waals surface area contributed by atoms with Crippen molar-refractivity contribution in [2.24, 2.45) is 5.92 Å². The molecule has 0 bridgehead atoms. The van der Waals surface area contributed by atoms with E-state index in [9.17, 15) is 19.5 Å². The summed E-state index contributed by atoms with van der Waals surface area (Å²) in [5.41, 5.74) is -0.535. The Balaban J connectivity index is 2.26. The number of carbonyl (C=O) groups excluding carboxylic acids is 3. The number of ether oxygens (including phenoxy) is 1. The van der Waals surface area contributed by atoms with Crippen molar-refractivity contribution in [1.82, 2.24) is 0 Å².